The minimum atomic E-state index is 0.685. The molecule has 20 aromatic carbocycles. The molecular weight excluding hydrogens is 1770 g/mol. The van der Waals surface area contributed by atoms with Crippen LogP contribution in [0.3, 0.4) is 0 Å². The van der Waals surface area contributed by atoms with Crippen molar-refractivity contribution in [2.24, 2.45) is 0 Å². The number of hydrogen-bond acceptors (Lipinski definition) is 9. The van der Waals surface area contributed by atoms with Crippen LogP contribution < -0.4 is 0 Å². The first-order valence-corrected chi connectivity index (χ1v) is 49.1. The Kier molecular flexibility index (Phi) is 24.8. The Morgan fingerprint density at radius 1 is 0.110 bits per heavy atom. The number of hydrogen-bond donors (Lipinski definition) is 0. The lowest BCUT2D eigenvalue weighted by molar-refractivity contribution is 1.18. The Balaban J connectivity index is 0.000000118. The lowest BCUT2D eigenvalue weighted by Crippen LogP contribution is -1.96. The molecule has 0 aliphatic carbocycles. The Hall–Kier alpha value is -19.6. The summed E-state index contributed by atoms with van der Waals surface area (Å²) in [6.07, 6.45) is 11.1. The van der Waals surface area contributed by atoms with E-state index in [1.807, 2.05) is 55.0 Å². The summed E-state index contributed by atoms with van der Waals surface area (Å²) in [6.45, 7) is 0. The third kappa shape index (κ3) is 19.2. The van der Waals surface area contributed by atoms with E-state index in [0.717, 1.165) is 140 Å². The summed E-state index contributed by atoms with van der Waals surface area (Å²) in [5.41, 5.74) is 35.0. The van der Waals surface area contributed by atoms with Crippen molar-refractivity contribution in [3.63, 3.8) is 0 Å². The molecule has 0 aliphatic heterocycles. The molecule has 0 radical (unpaired) electrons. The summed E-state index contributed by atoms with van der Waals surface area (Å²) in [6, 6.07) is 181. The van der Waals surface area contributed by atoms with E-state index in [2.05, 4.69) is 494 Å². The van der Waals surface area contributed by atoms with Crippen molar-refractivity contribution >= 4 is 53.9 Å². The molecule has 0 saturated carbocycles. The van der Waals surface area contributed by atoms with Crippen LogP contribution in [0.2, 0.25) is 0 Å². The second-order valence-corrected chi connectivity index (χ2v) is 36.4. The van der Waals surface area contributed by atoms with Gasteiger partial charge in [-0.1, -0.05) is 449 Å². The maximum atomic E-state index is 5.21. The predicted octanol–water partition coefficient (Wildman–Crippen LogP) is 35.4. The number of pyridine rings is 3. The molecule has 0 aliphatic rings. The van der Waals surface area contributed by atoms with E-state index in [9.17, 15) is 0 Å². The largest absolute Gasteiger partial charge is 0.264 e. The molecule has 0 fully saturated rings. The van der Waals surface area contributed by atoms with E-state index in [1.54, 1.807) is 18.6 Å². The van der Waals surface area contributed by atoms with Crippen LogP contribution in [0, 0.1) is 0 Å². The van der Waals surface area contributed by atoms with Crippen LogP contribution in [0.5, 0.6) is 0 Å². The summed E-state index contributed by atoms with van der Waals surface area (Å²) < 4.78 is 0. The molecule has 26 aromatic rings. The first-order valence-electron chi connectivity index (χ1n) is 49.1. The Bertz CT molecular complexity index is 8850. The molecule has 0 amide bonds. The first-order chi connectivity index (χ1) is 72.3. The van der Waals surface area contributed by atoms with E-state index >= 15 is 0 Å². The molecule has 0 bridgehead atoms. The third-order valence-electron chi connectivity index (χ3n) is 27.2. The zero-order chi connectivity index (χ0) is 97.3. The highest BCUT2D eigenvalue weighted by molar-refractivity contribution is 6.26. The Morgan fingerprint density at radius 2 is 0.342 bits per heavy atom. The normalized spacial score (nSPS) is 11.2. The van der Waals surface area contributed by atoms with Gasteiger partial charge in [0.2, 0.25) is 0 Å². The third-order valence-corrected chi connectivity index (χ3v) is 27.2. The fourth-order valence-electron chi connectivity index (χ4n) is 19.5. The average Bonchev–Trinajstić information content (AvgIpc) is 0.741. The number of rotatable bonds is 18. The molecule has 0 saturated heterocycles. The summed E-state index contributed by atoms with van der Waals surface area (Å²) in [4.78, 5) is 43.8. The van der Waals surface area contributed by atoms with Crippen molar-refractivity contribution in [3.8, 4) is 202 Å². The van der Waals surface area contributed by atoms with E-state index in [0.29, 0.717) is 17.5 Å². The molecular formula is C137H91N9. The van der Waals surface area contributed by atoms with E-state index in [-0.39, 0.29) is 0 Å². The summed E-state index contributed by atoms with van der Waals surface area (Å²) in [7, 11) is 0. The molecule has 0 atom stereocenters. The van der Waals surface area contributed by atoms with E-state index in [1.165, 1.54) is 98.4 Å². The van der Waals surface area contributed by atoms with Gasteiger partial charge in [-0.3, -0.25) is 15.0 Å². The zero-order valence-electron chi connectivity index (χ0n) is 79.6. The van der Waals surface area contributed by atoms with Crippen molar-refractivity contribution in [2.75, 3.05) is 0 Å². The van der Waals surface area contributed by atoms with Gasteiger partial charge in [-0.05, 0) is 221 Å². The zero-order valence-corrected chi connectivity index (χ0v) is 79.6. The first kappa shape index (κ1) is 89.0. The lowest BCUT2D eigenvalue weighted by atomic mass is 9.92. The summed E-state index contributed by atoms with van der Waals surface area (Å²) in [5, 5.41) is 12.5. The smallest absolute Gasteiger partial charge is 0.160 e. The van der Waals surface area contributed by atoms with Gasteiger partial charge in [-0.25, -0.2) is 29.9 Å². The van der Waals surface area contributed by atoms with E-state index < -0.39 is 0 Å². The van der Waals surface area contributed by atoms with E-state index in [4.69, 9.17) is 29.9 Å². The highest BCUT2D eigenvalue weighted by Crippen LogP contribution is 2.43. The van der Waals surface area contributed by atoms with Crippen molar-refractivity contribution in [3.05, 3.63) is 553 Å². The topological polar surface area (TPSA) is 116 Å². The fraction of sp³-hybridized carbons (Fsp3) is 0. The Morgan fingerprint density at radius 3 is 0.705 bits per heavy atom. The second kappa shape index (κ2) is 40.7. The van der Waals surface area contributed by atoms with Crippen LogP contribution in [-0.2, 0) is 0 Å². The molecule has 6 heterocycles. The van der Waals surface area contributed by atoms with Crippen LogP contribution in [0.4, 0.5) is 0 Å². The highest BCUT2D eigenvalue weighted by Gasteiger charge is 2.21. The molecule has 0 spiro atoms. The Labute approximate surface area is 847 Å². The van der Waals surface area contributed by atoms with Gasteiger partial charge in [0.15, 0.2) is 17.5 Å². The van der Waals surface area contributed by atoms with Crippen molar-refractivity contribution in [1.82, 2.24) is 44.9 Å². The molecule has 6 aromatic heterocycles. The van der Waals surface area contributed by atoms with Crippen LogP contribution in [0.25, 0.3) is 256 Å². The van der Waals surface area contributed by atoms with Gasteiger partial charge < -0.3 is 0 Å². The molecule has 9 heteroatoms. The second-order valence-electron chi connectivity index (χ2n) is 36.4. The van der Waals surface area contributed by atoms with Gasteiger partial charge in [0.05, 0.1) is 34.2 Å². The van der Waals surface area contributed by atoms with Crippen LogP contribution in [0.15, 0.2) is 553 Å². The molecule has 146 heavy (non-hydrogen) atoms. The van der Waals surface area contributed by atoms with Gasteiger partial charge in [0.25, 0.3) is 0 Å². The maximum absolute atomic E-state index is 5.21. The molecule has 0 N–H and O–H groups in total. The summed E-state index contributed by atoms with van der Waals surface area (Å²) >= 11 is 0. The monoisotopic (exact) mass is 1860 g/mol. The van der Waals surface area contributed by atoms with Gasteiger partial charge in [-0.2, -0.15) is 0 Å². The molecule has 684 valence electrons. The fourth-order valence-corrected chi connectivity index (χ4v) is 19.5. The van der Waals surface area contributed by atoms with Crippen molar-refractivity contribution < 1.29 is 0 Å². The van der Waals surface area contributed by atoms with Crippen molar-refractivity contribution in [1.29, 1.82) is 0 Å². The van der Waals surface area contributed by atoms with Gasteiger partial charge in [0.1, 0.15) is 0 Å². The quantitative estimate of drug-likeness (QED) is 0.0774. The maximum Gasteiger partial charge on any atom is 0.160 e. The van der Waals surface area contributed by atoms with Crippen LogP contribution in [-0.4, -0.2) is 44.9 Å². The molecule has 26 rings (SSSR count). The minimum absolute atomic E-state index is 0.685. The number of nitrogens with zero attached hydrogens (tertiary/aromatic N) is 9. The number of benzene rings is 20. The van der Waals surface area contributed by atoms with Crippen LogP contribution >= 0.6 is 0 Å². The standard InChI is InChI=1S/C51H33N3.2C43H29N3/c1-2-10-34(11-3-1)35-19-23-37(24-20-35)49-32-50(38-25-21-36(22-26-38)42-14-9-29-52-33-42)54-51(53-49)41-13-8-12-39(30-41)40-27-28-47-45-17-5-4-15-43(45)44-16-6-7-18-46(44)48(47)31-40;1-2-9-30(10-3-1)31-18-22-34(23-19-31)41-28-42(35-24-20-32(21-25-35)38-15-8-26-44-29-38)46-43(45-41)37-14-6-13-36(27-37)40-17-7-12-33-11-4-5-16-39(33)40;1-2-8-30(9-3-1)32-15-20-34(21-16-32)41-28-42(35-22-17-33(18-23-35)40-14-7-25-44-29-40)46-43(45-41)39-13-6-12-37(27-39)38-24-19-31-10-4-5-11-36(31)26-38/h1-33H;2*1-29H. The average molecular weight is 1860 g/mol. The lowest BCUT2D eigenvalue weighted by Gasteiger charge is -2.13. The molecule has 9 nitrogen and oxygen atoms in total. The summed E-state index contributed by atoms with van der Waals surface area (Å²) in [5.74, 6) is 2.07. The predicted molar refractivity (Wildman–Crippen MR) is 605 cm³/mol. The van der Waals surface area contributed by atoms with Gasteiger partial charge in [0, 0.05) is 87.3 Å². The number of aromatic nitrogens is 9. The molecule has 0 unspecified atom stereocenters. The number of fused-ring (bicyclic) bond motifs is 8. The minimum Gasteiger partial charge on any atom is -0.264 e. The van der Waals surface area contributed by atoms with Crippen LogP contribution in [0.1, 0.15) is 0 Å². The highest BCUT2D eigenvalue weighted by atomic mass is 14.9. The SMILES string of the molecule is c1ccc(-c2ccc(-c3cc(-c4ccc(-c5cccnc5)cc4)nc(-c4cccc(-c5ccc6c7ccccc7c7ccccc7c6c5)c4)n3)cc2)cc1.c1ccc(-c2ccc(-c3cc(-c4ccc(-c5cccnc5)cc4)nc(-c4cccc(-c5ccc6ccccc6c5)c4)n3)cc2)cc1.c1ccc(-c2ccc(-c3cc(-c4ccc(-c5cccnc5)cc4)nc(-c4cccc(-c5cccc6ccccc56)c4)n3)cc2)cc1. The van der Waals surface area contributed by atoms with Gasteiger partial charge >= 0.3 is 0 Å². The van der Waals surface area contributed by atoms with Crippen molar-refractivity contribution in [2.45, 2.75) is 0 Å². The van der Waals surface area contributed by atoms with Gasteiger partial charge in [-0.15, -0.1) is 0 Å².